The molecule has 0 spiro atoms. The molecule has 2 rings (SSSR count). The third-order valence-corrected chi connectivity index (χ3v) is 2.79. The fourth-order valence-corrected chi connectivity index (χ4v) is 1.85. The van der Waals surface area contributed by atoms with E-state index in [9.17, 15) is 0 Å². The van der Waals surface area contributed by atoms with Crippen molar-refractivity contribution in [2.24, 2.45) is 0 Å². The van der Waals surface area contributed by atoms with Crippen LogP contribution in [0.2, 0.25) is 0 Å². The molecule has 2 aromatic carbocycles. The molecule has 3 heteroatoms. The van der Waals surface area contributed by atoms with Gasteiger partial charge in [0.25, 0.3) is 0 Å². The summed E-state index contributed by atoms with van der Waals surface area (Å²) in [4.78, 5) is 0. The molecule has 0 aliphatic rings. The predicted octanol–water partition coefficient (Wildman–Crippen LogP) is 3.76. The molecule has 18 heavy (non-hydrogen) atoms. The fourth-order valence-electron chi connectivity index (χ4n) is 1.85. The third-order valence-electron chi connectivity index (χ3n) is 2.79. The van der Waals surface area contributed by atoms with Gasteiger partial charge in [-0.05, 0) is 42.8 Å². The van der Waals surface area contributed by atoms with Gasteiger partial charge in [0.2, 0.25) is 0 Å². The maximum Gasteiger partial charge on any atom is 0.145 e. The van der Waals surface area contributed by atoms with Gasteiger partial charge in [-0.1, -0.05) is 12.1 Å². The zero-order valence-electron chi connectivity index (χ0n) is 10.9. The number of nitrogens with one attached hydrogen (secondary N) is 1. The first-order chi connectivity index (χ1) is 8.74. The molecular weight excluding hydrogens is 226 g/mol. The molecule has 0 heterocycles. The van der Waals surface area contributed by atoms with Crippen LogP contribution in [0.25, 0.3) is 0 Å². The summed E-state index contributed by atoms with van der Waals surface area (Å²) in [5, 5.41) is 3.34. The summed E-state index contributed by atoms with van der Waals surface area (Å²) in [6.45, 7) is 2.03. The van der Waals surface area contributed by atoms with Crippen LogP contribution in [0, 0.1) is 6.92 Å². The Bertz CT molecular complexity index is 521. The fraction of sp³-hybridized carbons (Fsp3) is 0.200. The van der Waals surface area contributed by atoms with Crippen molar-refractivity contribution in [3.8, 4) is 11.5 Å². The maximum atomic E-state index is 5.41. The van der Waals surface area contributed by atoms with Gasteiger partial charge in [0.05, 0.1) is 19.9 Å². The summed E-state index contributed by atoms with van der Waals surface area (Å²) in [5.41, 5.74) is 3.07. The van der Waals surface area contributed by atoms with Crippen molar-refractivity contribution < 1.29 is 9.47 Å². The lowest BCUT2D eigenvalue weighted by atomic mass is 10.2. The van der Waals surface area contributed by atoms with E-state index in [0.29, 0.717) is 0 Å². The Labute approximate surface area is 107 Å². The molecule has 0 bridgehead atoms. The predicted molar refractivity (Wildman–Crippen MR) is 74.0 cm³/mol. The van der Waals surface area contributed by atoms with Crippen LogP contribution in [0.1, 0.15) is 5.56 Å². The lowest BCUT2D eigenvalue weighted by molar-refractivity contribution is 0.413. The third kappa shape index (κ3) is 2.56. The minimum Gasteiger partial charge on any atom is -0.497 e. The number of anilines is 2. The molecule has 0 aliphatic heterocycles. The first-order valence-electron chi connectivity index (χ1n) is 5.79. The van der Waals surface area contributed by atoms with Crippen molar-refractivity contribution in [2.45, 2.75) is 6.92 Å². The average Bonchev–Trinajstić information content (AvgIpc) is 2.40. The van der Waals surface area contributed by atoms with E-state index in [1.165, 1.54) is 0 Å². The number of hydrogen-bond donors (Lipinski definition) is 1. The molecule has 0 fully saturated rings. The largest absolute Gasteiger partial charge is 0.497 e. The lowest BCUT2D eigenvalue weighted by Gasteiger charge is -2.13. The number of ether oxygens (including phenoxy) is 2. The molecule has 0 unspecified atom stereocenters. The molecule has 2 aromatic rings. The average molecular weight is 243 g/mol. The van der Waals surface area contributed by atoms with E-state index in [2.05, 4.69) is 5.32 Å². The Balaban J connectivity index is 2.25. The summed E-state index contributed by atoms with van der Waals surface area (Å²) in [7, 11) is 3.34. The molecule has 0 saturated carbocycles. The van der Waals surface area contributed by atoms with Gasteiger partial charge < -0.3 is 14.8 Å². The summed E-state index contributed by atoms with van der Waals surface area (Å²) in [6, 6.07) is 13.8. The van der Waals surface area contributed by atoms with E-state index in [-0.39, 0.29) is 0 Å². The Hall–Kier alpha value is -2.16. The van der Waals surface area contributed by atoms with Crippen LogP contribution in [-0.2, 0) is 0 Å². The Morgan fingerprint density at radius 1 is 0.889 bits per heavy atom. The zero-order valence-corrected chi connectivity index (χ0v) is 10.9. The van der Waals surface area contributed by atoms with Gasteiger partial charge in [0.15, 0.2) is 0 Å². The van der Waals surface area contributed by atoms with Crippen LogP contribution in [0.15, 0.2) is 42.5 Å². The standard InChI is InChI=1S/C15H17NO2/c1-11-5-4-6-14(15(11)18-3)16-12-7-9-13(17-2)10-8-12/h4-10,16H,1-3H3. The van der Waals surface area contributed by atoms with Gasteiger partial charge in [-0.25, -0.2) is 0 Å². The smallest absolute Gasteiger partial charge is 0.145 e. The molecule has 94 valence electrons. The monoisotopic (exact) mass is 243 g/mol. The van der Waals surface area contributed by atoms with Crippen molar-refractivity contribution in [1.82, 2.24) is 0 Å². The zero-order chi connectivity index (χ0) is 13.0. The second kappa shape index (κ2) is 5.45. The molecular formula is C15H17NO2. The number of para-hydroxylation sites is 1. The molecule has 0 saturated heterocycles. The van der Waals surface area contributed by atoms with E-state index in [1.54, 1.807) is 14.2 Å². The summed E-state index contributed by atoms with van der Waals surface area (Å²) in [5.74, 6) is 1.71. The van der Waals surface area contributed by atoms with Crippen molar-refractivity contribution in [2.75, 3.05) is 19.5 Å². The highest BCUT2D eigenvalue weighted by Crippen LogP contribution is 2.31. The van der Waals surface area contributed by atoms with Gasteiger partial charge in [-0.2, -0.15) is 0 Å². The molecule has 1 N–H and O–H groups in total. The summed E-state index contributed by atoms with van der Waals surface area (Å²) >= 11 is 0. The molecule has 0 radical (unpaired) electrons. The summed E-state index contributed by atoms with van der Waals surface area (Å²) < 4.78 is 10.5. The minimum absolute atomic E-state index is 0.844. The molecule has 3 nitrogen and oxygen atoms in total. The van der Waals surface area contributed by atoms with E-state index >= 15 is 0 Å². The molecule has 0 aromatic heterocycles. The van der Waals surface area contributed by atoms with Crippen LogP contribution >= 0.6 is 0 Å². The summed E-state index contributed by atoms with van der Waals surface area (Å²) in [6.07, 6.45) is 0. The van der Waals surface area contributed by atoms with Crippen LogP contribution in [0.4, 0.5) is 11.4 Å². The molecule has 0 atom stereocenters. The van der Waals surface area contributed by atoms with Crippen molar-refractivity contribution in [3.63, 3.8) is 0 Å². The Morgan fingerprint density at radius 3 is 2.22 bits per heavy atom. The van der Waals surface area contributed by atoms with E-state index in [1.807, 2.05) is 49.4 Å². The minimum atomic E-state index is 0.844. The van der Waals surface area contributed by atoms with E-state index in [0.717, 1.165) is 28.4 Å². The second-order valence-corrected chi connectivity index (χ2v) is 4.01. The SMILES string of the molecule is COc1ccc(Nc2cccc(C)c2OC)cc1. The van der Waals surface area contributed by atoms with Crippen LogP contribution in [0.5, 0.6) is 11.5 Å². The number of benzene rings is 2. The highest BCUT2D eigenvalue weighted by atomic mass is 16.5. The van der Waals surface area contributed by atoms with Crippen LogP contribution < -0.4 is 14.8 Å². The van der Waals surface area contributed by atoms with Gasteiger partial charge >= 0.3 is 0 Å². The van der Waals surface area contributed by atoms with Crippen molar-refractivity contribution in [3.05, 3.63) is 48.0 Å². The van der Waals surface area contributed by atoms with Gasteiger partial charge in [0, 0.05) is 5.69 Å². The normalized spacial score (nSPS) is 9.94. The lowest BCUT2D eigenvalue weighted by Crippen LogP contribution is -1.96. The molecule has 0 aliphatic carbocycles. The second-order valence-electron chi connectivity index (χ2n) is 4.01. The van der Waals surface area contributed by atoms with Crippen LogP contribution in [0.3, 0.4) is 0 Å². The first-order valence-corrected chi connectivity index (χ1v) is 5.79. The van der Waals surface area contributed by atoms with Gasteiger partial charge in [0.1, 0.15) is 11.5 Å². The van der Waals surface area contributed by atoms with E-state index < -0.39 is 0 Å². The Morgan fingerprint density at radius 2 is 1.61 bits per heavy atom. The topological polar surface area (TPSA) is 30.5 Å². The number of methoxy groups -OCH3 is 2. The number of hydrogen-bond acceptors (Lipinski definition) is 3. The van der Waals surface area contributed by atoms with Crippen molar-refractivity contribution >= 4 is 11.4 Å². The highest BCUT2D eigenvalue weighted by Gasteiger charge is 2.05. The number of aryl methyl sites for hydroxylation is 1. The highest BCUT2D eigenvalue weighted by molar-refractivity contribution is 5.68. The van der Waals surface area contributed by atoms with Crippen LogP contribution in [-0.4, -0.2) is 14.2 Å². The number of rotatable bonds is 4. The quantitative estimate of drug-likeness (QED) is 0.887. The Kier molecular flexibility index (Phi) is 3.72. The van der Waals surface area contributed by atoms with Gasteiger partial charge in [-0.15, -0.1) is 0 Å². The first kappa shape index (κ1) is 12.3. The molecule has 0 amide bonds. The van der Waals surface area contributed by atoms with Crippen molar-refractivity contribution in [1.29, 1.82) is 0 Å². The van der Waals surface area contributed by atoms with E-state index in [4.69, 9.17) is 9.47 Å². The van der Waals surface area contributed by atoms with Gasteiger partial charge in [-0.3, -0.25) is 0 Å². The maximum absolute atomic E-state index is 5.41.